The molecular formula is C12H12BrN3O. The SMILES string of the molecule is Cc1ncn(CCc2ccncc2)c(=O)c1Br. The maximum Gasteiger partial charge on any atom is 0.267 e. The lowest BCUT2D eigenvalue weighted by Gasteiger charge is -2.06. The summed E-state index contributed by atoms with van der Waals surface area (Å²) >= 11 is 3.25. The minimum Gasteiger partial charge on any atom is -0.298 e. The quantitative estimate of drug-likeness (QED) is 0.869. The van der Waals surface area contributed by atoms with Crippen molar-refractivity contribution in [2.75, 3.05) is 0 Å². The molecule has 0 saturated heterocycles. The van der Waals surface area contributed by atoms with Gasteiger partial charge in [-0.3, -0.25) is 14.3 Å². The summed E-state index contributed by atoms with van der Waals surface area (Å²) in [5, 5.41) is 0. The normalized spacial score (nSPS) is 10.5. The monoisotopic (exact) mass is 293 g/mol. The van der Waals surface area contributed by atoms with E-state index in [0.29, 0.717) is 11.0 Å². The summed E-state index contributed by atoms with van der Waals surface area (Å²) in [4.78, 5) is 20.0. The van der Waals surface area contributed by atoms with Crippen LogP contribution in [0.15, 0.2) is 40.1 Å². The number of hydrogen-bond donors (Lipinski definition) is 0. The van der Waals surface area contributed by atoms with E-state index in [9.17, 15) is 4.79 Å². The van der Waals surface area contributed by atoms with Crippen molar-refractivity contribution in [3.8, 4) is 0 Å². The Labute approximate surface area is 107 Å². The first-order valence-corrected chi connectivity index (χ1v) is 6.08. The minimum atomic E-state index is -0.0356. The van der Waals surface area contributed by atoms with Gasteiger partial charge in [-0.05, 0) is 47.0 Å². The predicted octanol–water partition coefficient (Wildman–Crippen LogP) is 1.95. The third-order valence-electron chi connectivity index (χ3n) is 2.55. The lowest BCUT2D eigenvalue weighted by molar-refractivity contribution is 0.647. The number of pyridine rings is 1. The van der Waals surface area contributed by atoms with E-state index >= 15 is 0 Å². The maximum atomic E-state index is 11.9. The van der Waals surface area contributed by atoms with Gasteiger partial charge in [-0.2, -0.15) is 0 Å². The van der Waals surface area contributed by atoms with Crippen molar-refractivity contribution >= 4 is 15.9 Å². The predicted molar refractivity (Wildman–Crippen MR) is 68.9 cm³/mol. The molecule has 0 radical (unpaired) electrons. The van der Waals surface area contributed by atoms with Crippen molar-refractivity contribution in [3.05, 3.63) is 56.9 Å². The maximum absolute atomic E-state index is 11.9. The van der Waals surface area contributed by atoms with E-state index < -0.39 is 0 Å². The van der Waals surface area contributed by atoms with Crippen molar-refractivity contribution in [1.29, 1.82) is 0 Å². The summed E-state index contributed by atoms with van der Waals surface area (Å²) in [6, 6.07) is 3.89. The van der Waals surface area contributed by atoms with E-state index in [-0.39, 0.29) is 5.56 Å². The zero-order valence-corrected chi connectivity index (χ0v) is 11.0. The summed E-state index contributed by atoms with van der Waals surface area (Å²) < 4.78 is 2.15. The second kappa shape index (κ2) is 5.23. The lowest BCUT2D eigenvalue weighted by Crippen LogP contribution is -2.23. The van der Waals surface area contributed by atoms with Crippen LogP contribution in [0, 0.1) is 6.92 Å². The molecule has 0 amide bonds. The van der Waals surface area contributed by atoms with Crippen LogP contribution in [-0.4, -0.2) is 14.5 Å². The van der Waals surface area contributed by atoms with Crippen LogP contribution in [0.1, 0.15) is 11.3 Å². The lowest BCUT2D eigenvalue weighted by atomic mass is 10.2. The van der Waals surface area contributed by atoms with Gasteiger partial charge >= 0.3 is 0 Å². The molecule has 0 fully saturated rings. The van der Waals surface area contributed by atoms with Crippen molar-refractivity contribution in [3.63, 3.8) is 0 Å². The third-order valence-corrected chi connectivity index (χ3v) is 3.46. The van der Waals surface area contributed by atoms with Crippen LogP contribution in [0.25, 0.3) is 0 Å². The van der Waals surface area contributed by atoms with Crippen LogP contribution in [0.3, 0.4) is 0 Å². The van der Waals surface area contributed by atoms with Gasteiger partial charge in [0.1, 0.15) is 4.47 Å². The van der Waals surface area contributed by atoms with Crippen molar-refractivity contribution in [2.45, 2.75) is 19.9 Å². The zero-order valence-electron chi connectivity index (χ0n) is 9.43. The Morgan fingerprint density at radius 3 is 2.76 bits per heavy atom. The Hall–Kier alpha value is -1.49. The molecule has 0 aliphatic carbocycles. The topological polar surface area (TPSA) is 47.8 Å². The Kier molecular flexibility index (Phi) is 3.68. The van der Waals surface area contributed by atoms with E-state index in [4.69, 9.17) is 0 Å². The molecule has 4 nitrogen and oxygen atoms in total. The summed E-state index contributed by atoms with van der Waals surface area (Å²) in [6.45, 7) is 2.42. The molecule has 2 aromatic rings. The minimum absolute atomic E-state index is 0.0356. The fourth-order valence-corrected chi connectivity index (χ4v) is 1.83. The molecule has 0 aliphatic heterocycles. The summed E-state index contributed by atoms with van der Waals surface area (Å²) in [5.41, 5.74) is 1.84. The fourth-order valence-electron chi connectivity index (χ4n) is 1.50. The first-order valence-electron chi connectivity index (χ1n) is 5.29. The Balaban J connectivity index is 2.16. The number of rotatable bonds is 3. The molecule has 17 heavy (non-hydrogen) atoms. The van der Waals surface area contributed by atoms with Gasteiger partial charge in [0.15, 0.2) is 0 Å². The van der Waals surface area contributed by atoms with Crippen LogP contribution < -0.4 is 5.56 Å². The number of hydrogen-bond acceptors (Lipinski definition) is 3. The molecule has 0 atom stereocenters. The zero-order chi connectivity index (χ0) is 12.3. The third kappa shape index (κ3) is 2.79. The molecule has 2 heterocycles. The van der Waals surface area contributed by atoms with Gasteiger partial charge < -0.3 is 0 Å². The largest absolute Gasteiger partial charge is 0.298 e. The Morgan fingerprint density at radius 2 is 2.06 bits per heavy atom. The Morgan fingerprint density at radius 1 is 1.35 bits per heavy atom. The van der Waals surface area contributed by atoms with Crippen LogP contribution >= 0.6 is 15.9 Å². The van der Waals surface area contributed by atoms with Crippen LogP contribution in [0.2, 0.25) is 0 Å². The molecule has 2 rings (SSSR count). The van der Waals surface area contributed by atoms with Gasteiger partial charge in [0.2, 0.25) is 0 Å². The van der Waals surface area contributed by atoms with E-state index in [1.165, 1.54) is 0 Å². The molecule has 5 heteroatoms. The van der Waals surface area contributed by atoms with Crippen molar-refractivity contribution in [2.24, 2.45) is 0 Å². The Bertz CT molecular complexity index is 566. The first kappa shape index (κ1) is 12.0. The molecule has 0 N–H and O–H groups in total. The molecule has 0 unspecified atom stereocenters. The highest BCUT2D eigenvalue weighted by atomic mass is 79.9. The van der Waals surface area contributed by atoms with E-state index in [2.05, 4.69) is 25.9 Å². The van der Waals surface area contributed by atoms with Gasteiger partial charge in [-0.1, -0.05) is 0 Å². The fraction of sp³-hybridized carbons (Fsp3) is 0.250. The van der Waals surface area contributed by atoms with Gasteiger partial charge in [-0.25, -0.2) is 4.98 Å². The highest BCUT2D eigenvalue weighted by molar-refractivity contribution is 9.10. The van der Waals surface area contributed by atoms with Crippen LogP contribution in [-0.2, 0) is 13.0 Å². The number of nitrogens with zero attached hydrogens (tertiary/aromatic N) is 3. The smallest absolute Gasteiger partial charge is 0.267 e. The molecule has 0 bridgehead atoms. The number of halogens is 1. The van der Waals surface area contributed by atoms with E-state index in [1.54, 1.807) is 30.2 Å². The molecule has 0 aromatic carbocycles. The van der Waals surface area contributed by atoms with E-state index in [0.717, 1.165) is 17.7 Å². The van der Waals surface area contributed by atoms with Crippen LogP contribution in [0.4, 0.5) is 0 Å². The highest BCUT2D eigenvalue weighted by Crippen LogP contribution is 2.06. The summed E-state index contributed by atoms with van der Waals surface area (Å²) in [5.74, 6) is 0. The number of aryl methyl sites for hydroxylation is 3. The van der Waals surface area contributed by atoms with Gasteiger partial charge in [-0.15, -0.1) is 0 Å². The van der Waals surface area contributed by atoms with Gasteiger partial charge in [0, 0.05) is 18.9 Å². The molecule has 0 saturated carbocycles. The first-order chi connectivity index (χ1) is 8.18. The van der Waals surface area contributed by atoms with Crippen molar-refractivity contribution in [1.82, 2.24) is 14.5 Å². The molecule has 2 aromatic heterocycles. The standard InChI is InChI=1S/C12H12BrN3O/c1-9-11(13)12(17)16(8-15-9)7-4-10-2-5-14-6-3-10/h2-3,5-6,8H,4,7H2,1H3. The van der Waals surface area contributed by atoms with E-state index in [1.807, 2.05) is 12.1 Å². The second-order valence-corrected chi connectivity index (χ2v) is 4.54. The molecule has 88 valence electrons. The molecular weight excluding hydrogens is 282 g/mol. The second-order valence-electron chi connectivity index (χ2n) is 3.75. The van der Waals surface area contributed by atoms with Crippen molar-refractivity contribution < 1.29 is 0 Å². The average Bonchev–Trinajstić information content (AvgIpc) is 2.36. The summed E-state index contributed by atoms with van der Waals surface area (Å²) in [7, 11) is 0. The average molecular weight is 294 g/mol. The van der Waals surface area contributed by atoms with Gasteiger partial charge in [0.25, 0.3) is 5.56 Å². The molecule has 0 spiro atoms. The van der Waals surface area contributed by atoms with Gasteiger partial charge in [0.05, 0.1) is 12.0 Å². The number of aromatic nitrogens is 3. The molecule has 0 aliphatic rings. The summed E-state index contributed by atoms with van der Waals surface area (Å²) in [6.07, 6.45) is 5.88. The highest BCUT2D eigenvalue weighted by Gasteiger charge is 2.05. The van der Waals surface area contributed by atoms with Crippen LogP contribution in [0.5, 0.6) is 0 Å².